The minimum absolute atomic E-state index is 0.390. The molecule has 0 bridgehead atoms. The number of rotatable bonds is 2. The predicted molar refractivity (Wildman–Crippen MR) is 59.3 cm³/mol. The summed E-state index contributed by atoms with van der Waals surface area (Å²) in [5.41, 5.74) is 0.559. The fourth-order valence-electron chi connectivity index (χ4n) is 0.871. The van der Waals surface area contributed by atoms with Gasteiger partial charge in [-0.05, 0) is 47.8 Å². The summed E-state index contributed by atoms with van der Waals surface area (Å²) in [7, 11) is 1.60. The number of aromatic nitrogens is 1. The van der Waals surface area contributed by atoms with E-state index in [0.29, 0.717) is 16.9 Å². The van der Waals surface area contributed by atoms with E-state index in [1.807, 2.05) is 0 Å². The topological polar surface area (TPSA) is 38.0 Å². The van der Waals surface area contributed by atoms with Crippen molar-refractivity contribution < 1.29 is 4.74 Å². The Morgan fingerprint density at radius 1 is 1.38 bits per heavy atom. The lowest BCUT2D eigenvalue weighted by atomic mass is 10.4. The summed E-state index contributed by atoms with van der Waals surface area (Å²) in [5.74, 6) is 0. The van der Waals surface area contributed by atoms with Crippen molar-refractivity contribution in [1.82, 2.24) is 4.57 Å². The summed E-state index contributed by atoms with van der Waals surface area (Å²) in [6.07, 6.45) is 0. The molecule has 1 heterocycles. The van der Waals surface area contributed by atoms with Gasteiger partial charge in [-0.15, -0.1) is 0 Å². The molecule has 1 aromatic rings. The number of nitriles is 1. The lowest BCUT2D eigenvalue weighted by Crippen LogP contribution is -1.99. The second-order valence-corrected chi connectivity index (χ2v) is 4.52. The highest BCUT2D eigenvalue weighted by Gasteiger charge is 2.17. The highest BCUT2D eigenvalue weighted by molar-refractivity contribution is 9.13. The maximum Gasteiger partial charge on any atom is 0.124 e. The third-order valence-electron chi connectivity index (χ3n) is 1.45. The summed E-state index contributed by atoms with van der Waals surface area (Å²) in [6.45, 7) is 0.390. The van der Waals surface area contributed by atoms with E-state index in [1.54, 1.807) is 11.7 Å². The van der Waals surface area contributed by atoms with Crippen LogP contribution < -0.4 is 0 Å². The molecule has 0 N–H and O–H groups in total. The smallest absolute Gasteiger partial charge is 0.124 e. The maximum atomic E-state index is 8.82. The fraction of sp³-hybridized carbons (Fsp3) is 0.286. The molecule has 0 fully saturated rings. The molecule has 0 aliphatic carbocycles. The molecule has 0 aliphatic rings. The van der Waals surface area contributed by atoms with Crippen LogP contribution in [-0.4, -0.2) is 11.7 Å². The van der Waals surface area contributed by atoms with Gasteiger partial charge in [-0.3, -0.25) is 0 Å². The molecule has 70 valence electrons. The van der Waals surface area contributed by atoms with Crippen LogP contribution in [0.15, 0.2) is 13.7 Å². The largest absolute Gasteiger partial charge is 0.364 e. The molecular formula is C7H5Br3N2O. The molecule has 0 saturated carbocycles. The van der Waals surface area contributed by atoms with Crippen LogP contribution in [-0.2, 0) is 11.5 Å². The normalized spacial score (nSPS) is 10.1. The number of hydrogen-bond donors (Lipinski definition) is 0. The van der Waals surface area contributed by atoms with Crippen molar-refractivity contribution in [3.63, 3.8) is 0 Å². The molecule has 0 aromatic carbocycles. The molecular weight excluding hydrogens is 368 g/mol. The van der Waals surface area contributed by atoms with Gasteiger partial charge in [-0.25, -0.2) is 0 Å². The lowest BCUT2D eigenvalue weighted by Gasteiger charge is -2.03. The Kier molecular flexibility index (Phi) is 3.98. The van der Waals surface area contributed by atoms with Gasteiger partial charge in [-0.2, -0.15) is 5.26 Å². The molecule has 0 atom stereocenters. The van der Waals surface area contributed by atoms with E-state index in [2.05, 4.69) is 53.9 Å². The number of ether oxygens (including phenoxy) is 1. The van der Waals surface area contributed by atoms with E-state index in [0.717, 1.165) is 9.08 Å². The molecule has 0 saturated heterocycles. The van der Waals surface area contributed by atoms with Crippen LogP contribution in [0.2, 0.25) is 0 Å². The summed E-state index contributed by atoms with van der Waals surface area (Å²) < 4.78 is 9.00. The standard InChI is InChI=1S/C7H5Br3N2O/c1-13-3-12-6(9)4(2-11)5(8)7(12)10/h3H2,1H3. The molecule has 0 radical (unpaired) electrons. The number of nitrogens with zero attached hydrogens (tertiary/aromatic N) is 2. The third kappa shape index (κ3) is 1.99. The van der Waals surface area contributed by atoms with Gasteiger partial charge >= 0.3 is 0 Å². The van der Waals surface area contributed by atoms with Gasteiger partial charge in [-0.1, -0.05) is 0 Å². The van der Waals surface area contributed by atoms with Crippen molar-refractivity contribution in [3.8, 4) is 6.07 Å². The van der Waals surface area contributed by atoms with Gasteiger partial charge in [0.15, 0.2) is 0 Å². The van der Waals surface area contributed by atoms with E-state index in [-0.39, 0.29) is 0 Å². The lowest BCUT2D eigenvalue weighted by molar-refractivity contribution is 0.128. The van der Waals surface area contributed by atoms with E-state index in [1.165, 1.54) is 0 Å². The van der Waals surface area contributed by atoms with E-state index < -0.39 is 0 Å². The summed E-state index contributed by atoms with van der Waals surface area (Å²) in [6, 6.07) is 2.08. The zero-order valence-corrected chi connectivity index (χ0v) is 11.4. The van der Waals surface area contributed by atoms with Crippen LogP contribution in [0.3, 0.4) is 0 Å². The van der Waals surface area contributed by atoms with Gasteiger partial charge in [0, 0.05) is 7.11 Å². The van der Waals surface area contributed by atoms with Gasteiger partial charge in [0.2, 0.25) is 0 Å². The van der Waals surface area contributed by atoms with Crippen molar-refractivity contribution in [3.05, 3.63) is 19.2 Å². The van der Waals surface area contributed by atoms with E-state index in [4.69, 9.17) is 10.00 Å². The fourth-order valence-corrected chi connectivity index (χ4v) is 2.91. The van der Waals surface area contributed by atoms with E-state index in [9.17, 15) is 0 Å². The highest BCUT2D eigenvalue weighted by atomic mass is 79.9. The Balaban J connectivity index is 3.30. The van der Waals surface area contributed by atoms with Crippen molar-refractivity contribution >= 4 is 47.8 Å². The second kappa shape index (κ2) is 4.60. The molecule has 1 rings (SSSR count). The highest BCUT2D eigenvalue weighted by Crippen LogP contribution is 2.35. The molecule has 0 amide bonds. The molecule has 0 spiro atoms. The summed E-state index contributed by atoms with van der Waals surface area (Å²) in [5, 5.41) is 8.82. The third-order valence-corrected chi connectivity index (χ3v) is 4.40. The number of methoxy groups -OCH3 is 1. The molecule has 0 unspecified atom stereocenters. The van der Waals surface area contributed by atoms with Gasteiger partial charge in [0.25, 0.3) is 0 Å². The van der Waals surface area contributed by atoms with Crippen LogP contribution >= 0.6 is 47.8 Å². The van der Waals surface area contributed by atoms with Crippen LogP contribution in [0.4, 0.5) is 0 Å². The van der Waals surface area contributed by atoms with Crippen molar-refractivity contribution in [1.29, 1.82) is 5.26 Å². The van der Waals surface area contributed by atoms with Crippen LogP contribution in [0, 0.1) is 11.3 Å². The minimum Gasteiger partial charge on any atom is -0.364 e. The molecule has 6 heteroatoms. The van der Waals surface area contributed by atoms with Crippen LogP contribution in [0.1, 0.15) is 5.56 Å². The molecule has 13 heavy (non-hydrogen) atoms. The summed E-state index contributed by atoms with van der Waals surface area (Å²) in [4.78, 5) is 0. The SMILES string of the molecule is COCn1c(Br)c(Br)c(C#N)c1Br. The maximum absolute atomic E-state index is 8.82. The average Bonchev–Trinajstić information content (AvgIpc) is 2.31. The van der Waals surface area contributed by atoms with Crippen LogP contribution in [0.5, 0.6) is 0 Å². The first kappa shape index (κ1) is 11.2. The quantitative estimate of drug-likeness (QED) is 0.799. The first-order valence-corrected chi connectivity index (χ1v) is 5.63. The minimum atomic E-state index is 0.390. The zero-order chi connectivity index (χ0) is 10.0. The summed E-state index contributed by atoms with van der Waals surface area (Å²) >= 11 is 9.97. The second-order valence-electron chi connectivity index (χ2n) is 2.23. The zero-order valence-electron chi connectivity index (χ0n) is 6.64. The molecule has 0 aliphatic heterocycles. The average molecular weight is 373 g/mol. The number of halogens is 3. The predicted octanol–water partition coefficient (Wildman–Crippen LogP) is 3.25. The van der Waals surface area contributed by atoms with Crippen molar-refractivity contribution in [2.75, 3.05) is 7.11 Å². The monoisotopic (exact) mass is 370 g/mol. The van der Waals surface area contributed by atoms with Gasteiger partial charge < -0.3 is 9.30 Å². The first-order chi connectivity index (χ1) is 6.13. The Morgan fingerprint density at radius 3 is 2.38 bits per heavy atom. The Bertz CT molecular complexity index is 367. The Hall–Kier alpha value is 0.170. The molecule has 3 nitrogen and oxygen atoms in total. The first-order valence-electron chi connectivity index (χ1n) is 3.25. The van der Waals surface area contributed by atoms with Crippen molar-refractivity contribution in [2.45, 2.75) is 6.73 Å². The van der Waals surface area contributed by atoms with Crippen LogP contribution in [0.25, 0.3) is 0 Å². The molecule has 1 aromatic heterocycles. The Labute approximate surface area is 101 Å². The van der Waals surface area contributed by atoms with Gasteiger partial charge in [0.1, 0.15) is 22.0 Å². The number of hydrogen-bond acceptors (Lipinski definition) is 2. The Morgan fingerprint density at radius 2 is 2.00 bits per heavy atom. The van der Waals surface area contributed by atoms with Gasteiger partial charge in [0.05, 0.1) is 10.0 Å². The van der Waals surface area contributed by atoms with E-state index >= 15 is 0 Å². The van der Waals surface area contributed by atoms with Crippen molar-refractivity contribution in [2.24, 2.45) is 0 Å².